The van der Waals surface area contributed by atoms with Gasteiger partial charge in [0, 0.05) is 24.9 Å². The third-order valence-corrected chi connectivity index (χ3v) is 3.75. The first-order valence-electron chi connectivity index (χ1n) is 6.36. The molecular weight excluding hydrogens is 254 g/mol. The number of aromatic nitrogens is 1. The lowest BCUT2D eigenvalue weighted by Gasteiger charge is -2.10. The molecule has 1 unspecified atom stereocenters. The van der Waals surface area contributed by atoms with Crippen LogP contribution in [0.2, 0.25) is 0 Å². The molecule has 1 aromatic carbocycles. The van der Waals surface area contributed by atoms with Crippen LogP contribution in [0.15, 0.2) is 35.7 Å². The van der Waals surface area contributed by atoms with Crippen LogP contribution in [0.25, 0.3) is 0 Å². The van der Waals surface area contributed by atoms with Crippen molar-refractivity contribution in [2.24, 2.45) is 0 Å². The van der Waals surface area contributed by atoms with Gasteiger partial charge >= 0.3 is 0 Å². The van der Waals surface area contributed by atoms with Gasteiger partial charge in [-0.2, -0.15) is 5.26 Å². The zero-order valence-corrected chi connectivity index (χ0v) is 11.8. The van der Waals surface area contributed by atoms with Crippen LogP contribution in [0.3, 0.4) is 0 Å². The molecule has 19 heavy (non-hydrogen) atoms. The molecule has 0 spiro atoms. The van der Waals surface area contributed by atoms with Crippen molar-refractivity contribution in [3.05, 3.63) is 52.0 Å². The predicted molar refractivity (Wildman–Crippen MR) is 78.2 cm³/mol. The van der Waals surface area contributed by atoms with E-state index in [1.807, 2.05) is 37.3 Å². The number of thiazole rings is 1. The largest absolute Gasteiger partial charge is 0.315 e. The monoisotopic (exact) mass is 271 g/mol. The molecule has 0 radical (unpaired) electrons. The lowest BCUT2D eigenvalue weighted by Crippen LogP contribution is -2.23. The maximum Gasteiger partial charge on any atom is 0.0897 e. The molecule has 2 aromatic rings. The van der Waals surface area contributed by atoms with Gasteiger partial charge in [0.05, 0.1) is 22.7 Å². The average Bonchev–Trinajstić information content (AvgIpc) is 2.86. The Morgan fingerprint density at radius 3 is 2.79 bits per heavy atom. The lowest BCUT2D eigenvalue weighted by atomic mass is 10.0. The minimum absolute atomic E-state index is 0.0848. The molecule has 1 N–H and O–H groups in total. The van der Waals surface area contributed by atoms with Crippen molar-refractivity contribution in [2.45, 2.75) is 19.3 Å². The summed E-state index contributed by atoms with van der Waals surface area (Å²) in [7, 11) is 0. The molecule has 0 aliphatic rings. The molecule has 0 saturated carbocycles. The highest BCUT2D eigenvalue weighted by Crippen LogP contribution is 2.13. The van der Waals surface area contributed by atoms with Crippen LogP contribution in [0.1, 0.15) is 22.2 Å². The number of hydrogen-bond acceptors (Lipinski definition) is 4. The van der Waals surface area contributed by atoms with Crippen LogP contribution >= 0.6 is 11.3 Å². The van der Waals surface area contributed by atoms with E-state index in [1.54, 1.807) is 11.3 Å². The number of rotatable bonds is 6. The summed E-state index contributed by atoms with van der Waals surface area (Å²) in [6, 6.07) is 12.3. The Morgan fingerprint density at radius 2 is 2.16 bits per heavy atom. The number of benzene rings is 1. The lowest BCUT2D eigenvalue weighted by molar-refractivity contribution is 0.646. The summed E-state index contributed by atoms with van der Waals surface area (Å²) in [6.45, 7) is 3.56. The molecule has 2 rings (SSSR count). The summed E-state index contributed by atoms with van der Waals surface area (Å²) in [4.78, 5) is 4.42. The fourth-order valence-electron chi connectivity index (χ4n) is 1.91. The number of hydrogen-bond donors (Lipinski definition) is 1. The minimum Gasteiger partial charge on any atom is -0.315 e. The van der Waals surface area contributed by atoms with Crippen molar-refractivity contribution < 1.29 is 0 Å². The Labute approximate surface area is 117 Å². The second-order valence-corrected chi connectivity index (χ2v) is 5.47. The maximum atomic E-state index is 9.20. The quantitative estimate of drug-likeness (QED) is 0.822. The Hall–Kier alpha value is -1.70. The van der Waals surface area contributed by atoms with E-state index in [2.05, 4.69) is 21.8 Å². The Kier molecular flexibility index (Phi) is 5.08. The van der Waals surface area contributed by atoms with E-state index in [-0.39, 0.29) is 5.92 Å². The van der Waals surface area contributed by atoms with Crippen molar-refractivity contribution in [2.75, 3.05) is 13.1 Å². The van der Waals surface area contributed by atoms with Crippen molar-refractivity contribution in [1.82, 2.24) is 10.3 Å². The van der Waals surface area contributed by atoms with Crippen LogP contribution in [-0.4, -0.2) is 18.1 Å². The first kappa shape index (κ1) is 13.7. The van der Waals surface area contributed by atoms with Crippen LogP contribution in [0, 0.1) is 18.3 Å². The highest BCUT2D eigenvalue weighted by Gasteiger charge is 2.09. The molecular formula is C15H17N3S. The Bertz CT molecular complexity index is 542. The molecule has 0 aliphatic carbocycles. The van der Waals surface area contributed by atoms with Gasteiger partial charge in [-0.3, -0.25) is 0 Å². The van der Waals surface area contributed by atoms with Gasteiger partial charge in [0.25, 0.3) is 0 Å². The molecule has 1 aromatic heterocycles. The highest BCUT2D eigenvalue weighted by molar-refractivity contribution is 7.09. The molecule has 0 amide bonds. The van der Waals surface area contributed by atoms with Crippen molar-refractivity contribution in [3.63, 3.8) is 0 Å². The fourth-order valence-corrected chi connectivity index (χ4v) is 2.56. The number of nitriles is 1. The highest BCUT2D eigenvalue weighted by atomic mass is 32.1. The maximum absolute atomic E-state index is 9.20. The second kappa shape index (κ2) is 7.03. The van der Waals surface area contributed by atoms with Gasteiger partial charge in [-0.25, -0.2) is 4.98 Å². The third-order valence-electron chi connectivity index (χ3n) is 2.93. The van der Waals surface area contributed by atoms with Gasteiger partial charge in [-0.1, -0.05) is 30.3 Å². The normalized spacial score (nSPS) is 12.0. The molecule has 0 saturated heterocycles. The van der Waals surface area contributed by atoms with Crippen molar-refractivity contribution in [1.29, 1.82) is 5.26 Å². The van der Waals surface area contributed by atoms with Crippen molar-refractivity contribution in [3.8, 4) is 6.07 Å². The van der Waals surface area contributed by atoms with E-state index in [4.69, 9.17) is 0 Å². The Balaban J connectivity index is 1.77. The van der Waals surface area contributed by atoms with E-state index in [9.17, 15) is 5.26 Å². The van der Waals surface area contributed by atoms with Gasteiger partial charge < -0.3 is 5.32 Å². The molecule has 4 heteroatoms. The first-order valence-corrected chi connectivity index (χ1v) is 7.24. The average molecular weight is 271 g/mol. The van der Waals surface area contributed by atoms with Gasteiger partial charge in [-0.15, -0.1) is 11.3 Å². The zero-order valence-electron chi connectivity index (χ0n) is 11.0. The second-order valence-electron chi connectivity index (χ2n) is 4.40. The molecule has 1 heterocycles. The third kappa shape index (κ3) is 4.16. The van der Waals surface area contributed by atoms with E-state index in [0.29, 0.717) is 6.54 Å². The van der Waals surface area contributed by atoms with Gasteiger partial charge in [-0.05, 0) is 12.5 Å². The molecule has 3 nitrogen and oxygen atoms in total. The number of nitrogens with zero attached hydrogens (tertiary/aromatic N) is 2. The molecule has 0 bridgehead atoms. The van der Waals surface area contributed by atoms with Gasteiger partial charge in [0.1, 0.15) is 0 Å². The summed E-state index contributed by atoms with van der Waals surface area (Å²) in [5.41, 5.74) is 2.20. The summed E-state index contributed by atoms with van der Waals surface area (Å²) >= 11 is 1.68. The molecule has 1 atom stereocenters. The van der Waals surface area contributed by atoms with E-state index < -0.39 is 0 Å². The van der Waals surface area contributed by atoms with Gasteiger partial charge in [0.15, 0.2) is 0 Å². The van der Waals surface area contributed by atoms with Gasteiger partial charge in [0.2, 0.25) is 0 Å². The Morgan fingerprint density at radius 1 is 1.37 bits per heavy atom. The SMILES string of the molecule is Cc1nc(CCNCC(C#N)c2ccccc2)cs1. The van der Waals surface area contributed by atoms with E-state index >= 15 is 0 Å². The zero-order chi connectivity index (χ0) is 13.5. The predicted octanol–water partition coefficient (Wildman–Crippen LogP) is 2.89. The molecule has 0 fully saturated rings. The van der Waals surface area contributed by atoms with Crippen LogP contribution in [0.5, 0.6) is 0 Å². The number of nitrogens with one attached hydrogen (secondary N) is 1. The smallest absolute Gasteiger partial charge is 0.0897 e. The standard InChI is InChI=1S/C15H17N3S/c1-12-18-15(11-19-12)7-8-17-10-14(9-16)13-5-3-2-4-6-13/h2-6,11,14,17H,7-8,10H2,1H3. The summed E-state index contributed by atoms with van der Waals surface area (Å²) in [6.07, 6.45) is 0.914. The number of aryl methyl sites for hydroxylation is 1. The molecule has 98 valence electrons. The van der Waals surface area contributed by atoms with E-state index in [1.165, 1.54) is 0 Å². The molecule has 0 aliphatic heterocycles. The van der Waals surface area contributed by atoms with Crippen LogP contribution in [-0.2, 0) is 6.42 Å². The summed E-state index contributed by atoms with van der Waals surface area (Å²) in [5.74, 6) is -0.0848. The van der Waals surface area contributed by atoms with Crippen LogP contribution < -0.4 is 5.32 Å². The first-order chi connectivity index (χ1) is 9.29. The summed E-state index contributed by atoms with van der Waals surface area (Å²) < 4.78 is 0. The fraction of sp³-hybridized carbons (Fsp3) is 0.333. The van der Waals surface area contributed by atoms with E-state index in [0.717, 1.165) is 29.2 Å². The van der Waals surface area contributed by atoms with Crippen molar-refractivity contribution >= 4 is 11.3 Å². The minimum atomic E-state index is -0.0848. The van der Waals surface area contributed by atoms with Crippen LogP contribution in [0.4, 0.5) is 0 Å². The topological polar surface area (TPSA) is 48.7 Å². The summed E-state index contributed by atoms with van der Waals surface area (Å²) in [5, 5.41) is 15.7.